The molecule has 1 aromatic heterocycles. The van der Waals surface area contributed by atoms with Crippen LogP contribution < -0.4 is 5.43 Å². The number of aromatic hydroxyl groups is 1. The molecule has 6 heteroatoms. The standard InChI is InChI=1S/C17H13ClN2O3/c1-10-9-23-14-7-6-13(16(21)15(10)14)17(22)20-19-8-11-2-4-12(18)5-3-11/h2-9,21H,1H3,(H,20,22). The zero-order chi connectivity index (χ0) is 16.4. The van der Waals surface area contributed by atoms with E-state index in [1.54, 1.807) is 37.3 Å². The Balaban J connectivity index is 1.79. The van der Waals surface area contributed by atoms with Crippen molar-refractivity contribution in [1.82, 2.24) is 5.43 Å². The molecule has 23 heavy (non-hydrogen) atoms. The molecule has 0 unspecified atom stereocenters. The Morgan fingerprint density at radius 1 is 1.26 bits per heavy atom. The monoisotopic (exact) mass is 328 g/mol. The van der Waals surface area contributed by atoms with Crippen LogP contribution in [0.4, 0.5) is 0 Å². The maximum absolute atomic E-state index is 12.2. The van der Waals surface area contributed by atoms with Crippen molar-refractivity contribution in [2.75, 3.05) is 0 Å². The predicted molar refractivity (Wildman–Crippen MR) is 89.1 cm³/mol. The average Bonchev–Trinajstić information content (AvgIpc) is 2.91. The van der Waals surface area contributed by atoms with Gasteiger partial charge in [0, 0.05) is 5.02 Å². The van der Waals surface area contributed by atoms with E-state index in [1.165, 1.54) is 18.5 Å². The number of fused-ring (bicyclic) bond motifs is 1. The van der Waals surface area contributed by atoms with E-state index >= 15 is 0 Å². The van der Waals surface area contributed by atoms with E-state index in [9.17, 15) is 9.90 Å². The third kappa shape index (κ3) is 3.05. The van der Waals surface area contributed by atoms with Gasteiger partial charge in [0.2, 0.25) is 0 Å². The van der Waals surface area contributed by atoms with Crippen LogP contribution in [0.25, 0.3) is 11.0 Å². The molecule has 116 valence electrons. The van der Waals surface area contributed by atoms with E-state index in [2.05, 4.69) is 10.5 Å². The Labute approximate surface area is 137 Å². The largest absolute Gasteiger partial charge is 0.506 e. The summed E-state index contributed by atoms with van der Waals surface area (Å²) in [6, 6.07) is 10.1. The summed E-state index contributed by atoms with van der Waals surface area (Å²) in [5.74, 6) is -0.622. The van der Waals surface area contributed by atoms with Crippen molar-refractivity contribution in [3.63, 3.8) is 0 Å². The Bertz CT molecular complexity index is 898. The van der Waals surface area contributed by atoms with E-state index in [1.807, 2.05) is 0 Å². The minimum atomic E-state index is -0.504. The summed E-state index contributed by atoms with van der Waals surface area (Å²) in [5.41, 5.74) is 4.60. The fraction of sp³-hybridized carbons (Fsp3) is 0.0588. The number of carbonyl (C=O) groups is 1. The summed E-state index contributed by atoms with van der Waals surface area (Å²) in [7, 11) is 0. The molecule has 0 saturated heterocycles. The number of furan rings is 1. The average molecular weight is 329 g/mol. The third-order valence-corrected chi connectivity index (χ3v) is 3.64. The number of rotatable bonds is 3. The number of phenols is 1. The lowest BCUT2D eigenvalue weighted by atomic mass is 10.1. The van der Waals surface area contributed by atoms with Crippen molar-refractivity contribution in [2.45, 2.75) is 6.92 Å². The summed E-state index contributed by atoms with van der Waals surface area (Å²) in [6.07, 6.45) is 3.03. The predicted octanol–water partition coefficient (Wildman–Crippen LogP) is 3.86. The molecule has 1 heterocycles. The highest BCUT2D eigenvalue weighted by atomic mass is 35.5. The second-order valence-corrected chi connectivity index (χ2v) is 5.44. The third-order valence-electron chi connectivity index (χ3n) is 3.39. The molecule has 0 radical (unpaired) electrons. The summed E-state index contributed by atoms with van der Waals surface area (Å²) < 4.78 is 5.28. The zero-order valence-electron chi connectivity index (χ0n) is 12.2. The first kappa shape index (κ1) is 15.1. The Hall–Kier alpha value is -2.79. The topological polar surface area (TPSA) is 74.8 Å². The highest BCUT2D eigenvalue weighted by Gasteiger charge is 2.16. The van der Waals surface area contributed by atoms with Crippen LogP contribution in [0.15, 0.2) is 52.2 Å². The summed E-state index contributed by atoms with van der Waals surface area (Å²) in [6.45, 7) is 1.80. The molecule has 0 aliphatic rings. The molecule has 0 aliphatic heterocycles. The van der Waals surface area contributed by atoms with E-state index in [4.69, 9.17) is 16.0 Å². The van der Waals surface area contributed by atoms with Crippen LogP contribution in [0.1, 0.15) is 21.5 Å². The number of nitrogens with zero attached hydrogens (tertiary/aromatic N) is 1. The molecule has 0 spiro atoms. The Morgan fingerprint density at radius 2 is 2.00 bits per heavy atom. The van der Waals surface area contributed by atoms with Gasteiger partial charge in [-0.1, -0.05) is 23.7 Å². The lowest BCUT2D eigenvalue weighted by Crippen LogP contribution is -2.17. The molecule has 3 aromatic rings. The number of halogens is 1. The highest BCUT2D eigenvalue weighted by molar-refractivity contribution is 6.30. The lowest BCUT2D eigenvalue weighted by Gasteiger charge is -2.04. The molecule has 0 bridgehead atoms. The van der Waals surface area contributed by atoms with Gasteiger partial charge in [-0.05, 0) is 42.3 Å². The number of hydrazone groups is 1. The van der Waals surface area contributed by atoms with Gasteiger partial charge in [0.25, 0.3) is 5.91 Å². The fourth-order valence-corrected chi connectivity index (χ4v) is 2.35. The Kier molecular flexibility index (Phi) is 4.04. The molecule has 2 N–H and O–H groups in total. The number of hydrogen-bond acceptors (Lipinski definition) is 4. The number of nitrogens with one attached hydrogen (secondary N) is 1. The van der Waals surface area contributed by atoms with E-state index in [0.717, 1.165) is 11.1 Å². The summed E-state index contributed by atoms with van der Waals surface area (Å²) >= 11 is 5.80. The van der Waals surface area contributed by atoms with Crippen molar-refractivity contribution in [3.05, 3.63) is 64.4 Å². The van der Waals surface area contributed by atoms with E-state index < -0.39 is 5.91 Å². The second-order valence-electron chi connectivity index (χ2n) is 5.00. The van der Waals surface area contributed by atoms with Gasteiger partial charge in [-0.25, -0.2) is 5.43 Å². The molecule has 2 aromatic carbocycles. The first-order valence-corrected chi connectivity index (χ1v) is 7.23. The van der Waals surface area contributed by atoms with Gasteiger partial charge in [-0.2, -0.15) is 5.10 Å². The second kappa shape index (κ2) is 6.14. The number of hydrogen-bond donors (Lipinski definition) is 2. The van der Waals surface area contributed by atoms with Gasteiger partial charge in [-0.3, -0.25) is 4.79 Å². The molecule has 0 saturated carbocycles. The zero-order valence-corrected chi connectivity index (χ0v) is 13.0. The van der Waals surface area contributed by atoms with Crippen molar-refractivity contribution >= 4 is 34.7 Å². The highest BCUT2D eigenvalue weighted by Crippen LogP contribution is 2.32. The molecular formula is C17H13ClN2O3. The molecule has 0 atom stereocenters. The molecule has 5 nitrogen and oxygen atoms in total. The lowest BCUT2D eigenvalue weighted by molar-refractivity contribution is 0.0952. The number of benzene rings is 2. The van der Waals surface area contributed by atoms with Gasteiger partial charge in [0.05, 0.1) is 23.4 Å². The van der Waals surface area contributed by atoms with Crippen molar-refractivity contribution < 1.29 is 14.3 Å². The van der Waals surface area contributed by atoms with Gasteiger partial charge < -0.3 is 9.52 Å². The maximum atomic E-state index is 12.2. The van der Waals surface area contributed by atoms with Gasteiger partial charge >= 0.3 is 0 Å². The fourth-order valence-electron chi connectivity index (χ4n) is 2.22. The van der Waals surface area contributed by atoms with Crippen molar-refractivity contribution in [2.24, 2.45) is 5.10 Å². The summed E-state index contributed by atoms with van der Waals surface area (Å²) in [4.78, 5) is 12.2. The maximum Gasteiger partial charge on any atom is 0.275 e. The number of amides is 1. The molecular weight excluding hydrogens is 316 g/mol. The van der Waals surface area contributed by atoms with Crippen LogP contribution in [0.5, 0.6) is 5.75 Å². The molecule has 1 amide bonds. The van der Waals surface area contributed by atoms with Crippen LogP contribution >= 0.6 is 11.6 Å². The van der Waals surface area contributed by atoms with Crippen LogP contribution in [-0.4, -0.2) is 17.2 Å². The van der Waals surface area contributed by atoms with E-state index in [-0.39, 0.29) is 11.3 Å². The first-order valence-electron chi connectivity index (χ1n) is 6.85. The minimum Gasteiger partial charge on any atom is -0.506 e. The minimum absolute atomic E-state index is 0.118. The van der Waals surface area contributed by atoms with Crippen LogP contribution in [0.2, 0.25) is 5.02 Å². The van der Waals surface area contributed by atoms with Crippen LogP contribution in [0.3, 0.4) is 0 Å². The normalized spacial score (nSPS) is 11.2. The van der Waals surface area contributed by atoms with Crippen LogP contribution in [0, 0.1) is 6.92 Å². The van der Waals surface area contributed by atoms with Crippen molar-refractivity contribution in [3.8, 4) is 5.75 Å². The quantitative estimate of drug-likeness (QED) is 0.566. The molecule has 0 fully saturated rings. The molecule has 0 aliphatic carbocycles. The first-order chi connectivity index (χ1) is 11.1. The smallest absolute Gasteiger partial charge is 0.275 e. The SMILES string of the molecule is Cc1coc2ccc(C(=O)NN=Cc3ccc(Cl)cc3)c(O)c12. The van der Waals surface area contributed by atoms with Crippen LogP contribution in [-0.2, 0) is 0 Å². The van der Waals surface area contributed by atoms with Gasteiger partial charge in [0.1, 0.15) is 11.3 Å². The molecule has 3 rings (SSSR count). The Morgan fingerprint density at radius 3 is 2.74 bits per heavy atom. The number of aryl methyl sites for hydroxylation is 1. The van der Waals surface area contributed by atoms with E-state index in [0.29, 0.717) is 16.0 Å². The van der Waals surface area contributed by atoms with Gasteiger partial charge in [0.15, 0.2) is 0 Å². The number of phenolic OH excluding ortho intramolecular Hbond substituents is 1. The summed E-state index contributed by atoms with van der Waals surface area (Å²) in [5, 5.41) is 15.3. The van der Waals surface area contributed by atoms with Crippen molar-refractivity contribution in [1.29, 1.82) is 0 Å². The van der Waals surface area contributed by atoms with Gasteiger partial charge in [-0.15, -0.1) is 0 Å². The number of carbonyl (C=O) groups excluding carboxylic acids is 1.